The van der Waals surface area contributed by atoms with Crippen LogP contribution in [-0.4, -0.2) is 9.55 Å². The highest BCUT2D eigenvalue weighted by Gasteiger charge is 2.06. The first-order valence-corrected chi connectivity index (χ1v) is 7.39. The van der Waals surface area contributed by atoms with Gasteiger partial charge in [-0.3, -0.25) is 0 Å². The summed E-state index contributed by atoms with van der Waals surface area (Å²) in [6.45, 7) is 1.60. The molecule has 0 aliphatic rings. The van der Waals surface area contributed by atoms with E-state index in [-0.39, 0.29) is 0 Å². The Morgan fingerprint density at radius 2 is 1.95 bits per heavy atom. The summed E-state index contributed by atoms with van der Waals surface area (Å²) in [5.41, 5.74) is 3.49. The van der Waals surface area contributed by atoms with Crippen LogP contribution in [0.2, 0.25) is 0 Å². The molecule has 20 heavy (non-hydrogen) atoms. The Labute approximate surface area is 126 Å². The van der Waals surface area contributed by atoms with Crippen LogP contribution >= 0.6 is 15.9 Å². The summed E-state index contributed by atoms with van der Waals surface area (Å²) < 4.78 is 3.25. The van der Waals surface area contributed by atoms with Crippen molar-refractivity contribution in [1.82, 2.24) is 14.9 Å². The first-order valence-electron chi connectivity index (χ1n) is 6.59. The van der Waals surface area contributed by atoms with E-state index >= 15 is 0 Å². The van der Waals surface area contributed by atoms with Crippen LogP contribution in [0.5, 0.6) is 0 Å². The topological polar surface area (TPSA) is 29.9 Å². The maximum Gasteiger partial charge on any atom is 0.123 e. The van der Waals surface area contributed by atoms with E-state index in [0.29, 0.717) is 0 Å². The number of hydrogen-bond acceptors (Lipinski definition) is 2. The Kier molecular flexibility index (Phi) is 3.85. The predicted octanol–water partition coefficient (Wildman–Crippen LogP) is 3.63. The minimum absolute atomic E-state index is 0.762. The van der Waals surface area contributed by atoms with E-state index in [1.165, 1.54) is 11.1 Å². The largest absolute Gasteiger partial charge is 0.330 e. The molecule has 0 spiro atoms. The van der Waals surface area contributed by atoms with Gasteiger partial charge in [-0.05, 0) is 29.8 Å². The highest BCUT2D eigenvalue weighted by molar-refractivity contribution is 9.10. The molecule has 102 valence electrons. The van der Waals surface area contributed by atoms with Gasteiger partial charge in [0.15, 0.2) is 0 Å². The molecule has 3 rings (SSSR count). The monoisotopic (exact) mass is 329 g/mol. The second-order valence-electron chi connectivity index (χ2n) is 4.81. The molecule has 0 atom stereocenters. The third kappa shape index (κ3) is 2.76. The van der Waals surface area contributed by atoms with Gasteiger partial charge in [0.25, 0.3) is 0 Å². The van der Waals surface area contributed by atoms with Gasteiger partial charge in [0.1, 0.15) is 5.82 Å². The molecule has 0 saturated carbocycles. The minimum Gasteiger partial charge on any atom is -0.330 e. The Morgan fingerprint density at radius 1 is 1.10 bits per heavy atom. The number of halogens is 1. The normalized spacial score (nSPS) is 11.1. The summed E-state index contributed by atoms with van der Waals surface area (Å²) in [6.07, 6.45) is 0. The van der Waals surface area contributed by atoms with Gasteiger partial charge in [-0.2, -0.15) is 0 Å². The van der Waals surface area contributed by atoms with Crippen molar-refractivity contribution < 1.29 is 0 Å². The maximum absolute atomic E-state index is 4.65. The Hall–Kier alpha value is -1.65. The third-order valence-electron chi connectivity index (χ3n) is 3.38. The van der Waals surface area contributed by atoms with Crippen molar-refractivity contribution in [3.8, 4) is 0 Å². The Balaban J connectivity index is 1.69. The van der Waals surface area contributed by atoms with E-state index < -0.39 is 0 Å². The van der Waals surface area contributed by atoms with Crippen LogP contribution in [0.3, 0.4) is 0 Å². The molecule has 0 radical (unpaired) electrons. The summed E-state index contributed by atoms with van der Waals surface area (Å²) in [4.78, 5) is 4.65. The zero-order valence-corrected chi connectivity index (χ0v) is 12.9. The maximum atomic E-state index is 4.65. The average molecular weight is 330 g/mol. The number of aromatic nitrogens is 2. The van der Waals surface area contributed by atoms with E-state index in [9.17, 15) is 0 Å². The van der Waals surface area contributed by atoms with Crippen molar-refractivity contribution in [2.45, 2.75) is 13.1 Å². The molecule has 0 saturated heterocycles. The molecule has 1 N–H and O–H groups in total. The van der Waals surface area contributed by atoms with Crippen LogP contribution in [0.1, 0.15) is 11.4 Å². The average Bonchev–Trinajstić information content (AvgIpc) is 2.76. The van der Waals surface area contributed by atoms with Crippen LogP contribution in [-0.2, 0) is 20.1 Å². The first kappa shape index (κ1) is 13.3. The van der Waals surface area contributed by atoms with Crippen molar-refractivity contribution in [3.05, 3.63) is 64.4 Å². The fraction of sp³-hybridized carbons (Fsp3) is 0.188. The van der Waals surface area contributed by atoms with Crippen molar-refractivity contribution >= 4 is 27.0 Å². The lowest BCUT2D eigenvalue weighted by atomic mass is 10.2. The quantitative estimate of drug-likeness (QED) is 0.792. The number of fused-ring (bicyclic) bond motifs is 1. The van der Waals surface area contributed by atoms with Crippen molar-refractivity contribution in [2.75, 3.05) is 0 Å². The van der Waals surface area contributed by atoms with Crippen LogP contribution in [0.15, 0.2) is 53.0 Å². The minimum atomic E-state index is 0.762. The van der Waals surface area contributed by atoms with Gasteiger partial charge in [0.05, 0.1) is 17.6 Å². The fourth-order valence-electron chi connectivity index (χ4n) is 2.32. The Morgan fingerprint density at radius 3 is 2.75 bits per heavy atom. The highest BCUT2D eigenvalue weighted by atomic mass is 79.9. The zero-order chi connectivity index (χ0) is 13.9. The molecule has 3 aromatic rings. The molecule has 0 aliphatic carbocycles. The number of nitrogens with zero attached hydrogens (tertiary/aromatic N) is 2. The summed E-state index contributed by atoms with van der Waals surface area (Å²) in [5, 5.41) is 3.44. The van der Waals surface area contributed by atoms with E-state index in [0.717, 1.165) is 28.9 Å². The van der Waals surface area contributed by atoms with Crippen LogP contribution in [0.4, 0.5) is 0 Å². The summed E-state index contributed by atoms with van der Waals surface area (Å²) in [5.74, 6) is 1.06. The van der Waals surface area contributed by atoms with Gasteiger partial charge in [-0.1, -0.05) is 40.2 Å². The molecule has 0 bridgehead atoms. The second kappa shape index (κ2) is 5.77. The molecule has 0 fully saturated rings. The van der Waals surface area contributed by atoms with E-state index in [1.54, 1.807) is 0 Å². The van der Waals surface area contributed by atoms with Gasteiger partial charge < -0.3 is 9.88 Å². The van der Waals surface area contributed by atoms with E-state index in [1.807, 2.05) is 24.3 Å². The number of nitrogens with one attached hydrogen (secondary N) is 1. The number of hydrogen-bond donors (Lipinski definition) is 1. The lowest BCUT2D eigenvalue weighted by molar-refractivity contribution is 0.643. The molecular formula is C16H16BrN3. The Bertz CT molecular complexity index is 733. The molecule has 0 unspecified atom stereocenters. The second-order valence-corrected chi connectivity index (χ2v) is 5.72. The highest BCUT2D eigenvalue weighted by Crippen LogP contribution is 2.14. The summed E-state index contributed by atoms with van der Waals surface area (Å²) in [7, 11) is 2.06. The number of para-hydroxylation sites is 2. The van der Waals surface area contributed by atoms with Gasteiger partial charge in [0.2, 0.25) is 0 Å². The van der Waals surface area contributed by atoms with Gasteiger partial charge in [0, 0.05) is 18.1 Å². The first-order chi connectivity index (χ1) is 9.74. The number of rotatable bonds is 4. The SMILES string of the molecule is Cn1c(CNCc2cccc(Br)c2)nc2ccccc21. The molecule has 0 amide bonds. The molecular weight excluding hydrogens is 314 g/mol. The summed E-state index contributed by atoms with van der Waals surface area (Å²) >= 11 is 3.49. The smallest absolute Gasteiger partial charge is 0.123 e. The molecule has 3 nitrogen and oxygen atoms in total. The van der Waals surface area contributed by atoms with Crippen molar-refractivity contribution in [1.29, 1.82) is 0 Å². The molecule has 0 aliphatic heterocycles. The van der Waals surface area contributed by atoms with Crippen molar-refractivity contribution in [2.24, 2.45) is 7.05 Å². The van der Waals surface area contributed by atoms with E-state index in [2.05, 4.69) is 62.1 Å². The van der Waals surface area contributed by atoms with Gasteiger partial charge in [-0.25, -0.2) is 4.98 Å². The standard InChI is InChI=1S/C16H16BrN3/c1-20-15-8-3-2-7-14(15)19-16(20)11-18-10-12-5-4-6-13(17)9-12/h2-9,18H,10-11H2,1H3. The van der Waals surface area contributed by atoms with Crippen LogP contribution in [0, 0.1) is 0 Å². The molecule has 4 heteroatoms. The van der Waals surface area contributed by atoms with Gasteiger partial charge >= 0.3 is 0 Å². The zero-order valence-electron chi connectivity index (χ0n) is 11.3. The summed E-state index contributed by atoms with van der Waals surface area (Å²) in [6, 6.07) is 16.5. The fourth-order valence-corrected chi connectivity index (χ4v) is 2.77. The number of benzene rings is 2. The van der Waals surface area contributed by atoms with Crippen LogP contribution in [0.25, 0.3) is 11.0 Å². The molecule has 2 aromatic carbocycles. The lowest BCUT2D eigenvalue weighted by Gasteiger charge is -2.06. The predicted molar refractivity (Wildman–Crippen MR) is 85.4 cm³/mol. The third-order valence-corrected chi connectivity index (χ3v) is 3.87. The van der Waals surface area contributed by atoms with Gasteiger partial charge in [-0.15, -0.1) is 0 Å². The number of aryl methyl sites for hydroxylation is 1. The molecule has 1 aromatic heterocycles. The lowest BCUT2D eigenvalue weighted by Crippen LogP contribution is -2.15. The van der Waals surface area contributed by atoms with Crippen molar-refractivity contribution in [3.63, 3.8) is 0 Å². The molecule has 1 heterocycles. The van der Waals surface area contributed by atoms with Crippen LogP contribution < -0.4 is 5.32 Å². The van der Waals surface area contributed by atoms with E-state index in [4.69, 9.17) is 0 Å². The number of imidazole rings is 1.